The monoisotopic (exact) mass is 376 g/mol. The van der Waals surface area contributed by atoms with Crippen LogP contribution in [0.4, 0.5) is 5.69 Å². The summed E-state index contributed by atoms with van der Waals surface area (Å²) in [6.45, 7) is 2.00. The Morgan fingerprint density at radius 1 is 1.28 bits per heavy atom. The Kier molecular flexibility index (Phi) is 6.42. The highest BCUT2D eigenvalue weighted by molar-refractivity contribution is 7.99. The van der Waals surface area contributed by atoms with Gasteiger partial charge in [0.1, 0.15) is 5.82 Å². The van der Waals surface area contributed by atoms with Crippen LogP contribution in [0, 0.1) is 6.92 Å². The van der Waals surface area contributed by atoms with E-state index < -0.39 is 0 Å². The lowest BCUT2D eigenvalue weighted by atomic mass is 9.95. The summed E-state index contributed by atoms with van der Waals surface area (Å²) >= 11 is 3.13. The molecule has 0 saturated heterocycles. The number of nitrogens with one attached hydrogen (secondary N) is 1. The summed E-state index contributed by atoms with van der Waals surface area (Å²) in [5.74, 6) is 1.27. The average Bonchev–Trinajstić information content (AvgIpc) is 3.01. The third-order valence-corrected chi connectivity index (χ3v) is 6.13. The van der Waals surface area contributed by atoms with E-state index in [1.165, 1.54) is 43.9 Å². The van der Waals surface area contributed by atoms with Gasteiger partial charge in [0.05, 0.1) is 5.75 Å². The first-order valence-corrected chi connectivity index (χ1v) is 10.9. The standard InChI is InChI=1S/C18H24N4OS2/c1-13-20-21-18(22(13)15-8-4-3-5-9-15)25-12-17(23)19-14-7-6-10-16(11-14)24-2/h6-7,10-11,15H,3-5,8-9,12H2,1-2H3,(H,19,23). The third kappa shape index (κ3) is 4.79. The third-order valence-electron chi connectivity index (χ3n) is 4.46. The fourth-order valence-electron chi connectivity index (χ4n) is 3.24. The summed E-state index contributed by atoms with van der Waals surface area (Å²) in [7, 11) is 0. The van der Waals surface area contributed by atoms with E-state index in [0.29, 0.717) is 11.8 Å². The summed E-state index contributed by atoms with van der Waals surface area (Å²) in [4.78, 5) is 13.4. The first-order valence-electron chi connectivity index (χ1n) is 8.65. The molecule has 25 heavy (non-hydrogen) atoms. The van der Waals surface area contributed by atoms with Gasteiger partial charge in [-0.2, -0.15) is 0 Å². The molecular weight excluding hydrogens is 352 g/mol. The van der Waals surface area contributed by atoms with Gasteiger partial charge in [-0.05, 0) is 44.2 Å². The van der Waals surface area contributed by atoms with E-state index >= 15 is 0 Å². The Morgan fingerprint density at radius 3 is 2.84 bits per heavy atom. The Morgan fingerprint density at radius 2 is 2.08 bits per heavy atom. The number of hydrogen-bond acceptors (Lipinski definition) is 5. The van der Waals surface area contributed by atoms with Crippen LogP contribution >= 0.6 is 23.5 Å². The lowest BCUT2D eigenvalue weighted by molar-refractivity contribution is -0.113. The molecule has 7 heteroatoms. The van der Waals surface area contributed by atoms with E-state index in [2.05, 4.69) is 20.1 Å². The van der Waals surface area contributed by atoms with Crippen LogP contribution < -0.4 is 5.32 Å². The van der Waals surface area contributed by atoms with Crippen molar-refractivity contribution in [3.8, 4) is 0 Å². The van der Waals surface area contributed by atoms with Gasteiger partial charge in [-0.25, -0.2) is 0 Å². The van der Waals surface area contributed by atoms with Gasteiger partial charge >= 0.3 is 0 Å². The van der Waals surface area contributed by atoms with Crippen molar-refractivity contribution in [3.05, 3.63) is 30.1 Å². The Bertz CT molecular complexity index is 726. The second-order valence-electron chi connectivity index (χ2n) is 6.26. The number of nitrogens with zero attached hydrogens (tertiary/aromatic N) is 3. The Hall–Kier alpha value is -1.47. The molecule has 1 aromatic heterocycles. The molecule has 1 aliphatic carbocycles. The minimum absolute atomic E-state index is 0.0147. The summed E-state index contributed by atoms with van der Waals surface area (Å²) in [5, 5.41) is 12.3. The molecule has 2 aromatic rings. The van der Waals surface area contributed by atoms with Crippen molar-refractivity contribution in [1.29, 1.82) is 0 Å². The first-order chi connectivity index (χ1) is 12.2. The number of amides is 1. The van der Waals surface area contributed by atoms with Gasteiger partial charge in [-0.15, -0.1) is 22.0 Å². The van der Waals surface area contributed by atoms with Gasteiger partial charge < -0.3 is 9.88 Å². The maximum atomic E-state index is 12.3. The van der Waals surface area contributed by atoms with Crippen LogP contribution in [0.5, 0.6) is 0 Å². The number of thioether (sulfide) groups is 2. The van der Waals surface area contributed by atoms with Crippen molar-refractivity contribution in [2.45, 2.75) is 55.1 Å². The predicted molar refractivity (Wildman–Crippen MR) is 104 cm³/mol. The molecule has 0 aliphatic heterocycles. The smallest absolute Gasteiger partial charge is 0.234 e. The molecule has 3 rings (SSSR count). The number of aromatic nitrogens is 3. The highest BCUT2D eigenvalue weighted by Crippen LogP contribution is 2.32. The summed E-state index contributed by atoms with van der Waals surface area (Å²) in [5.41, 5.74) is 0.836. The van der Waals surface area contributed by atoms with Crippen LogP contribution in [0.3, 0.4) is 0 Å². The average molecular weight is 377 g/mol. The zero-order valence-electron chi connectivity index (χ0n) is 14.7. The predicted octanol–water partition coefficient (Wildman–Crippen LogP) is 4.54. The molecule has 0 spiro atoms. The van der Waals surface area contributed by atoms with Crippen LogP contribution in [-0.2, 0) is 4.79 Å². The van der Waals surface area contributed by atoms with Gasteiger partial charge in [0.2, 0.25) is 5.91 Å². The van der Waals surface area contributed by atoms with E-state index in [4.69, 9.17) is 0 Å². The number of benzene rings is 1. The van der Waals surface area contributed by atoms with Crippen molar-refractivity contribution < 1.29 is 4.79 Å². The molecule has 0 unspecified atom stereocenters. The molecule has 1 aliphatic rings. The molecule has 0 radical (unpaired) electrons. The van der Waals surface area contributed by atoms with Crippen LogP contribution in [0.1, 0.15) is 44.0 Å². The van der Waals surface area contributed by atoms with Crippen LogP contribution in [0.25, 0.3) is 0 Å². The number of anilines is 1. The lowest BCUT2D eigenvalue weighted by Gasteiger charge is -2.24. The van der Waals surface area contributed by atoms with Crippen LogP contribution in [-0.4, -0.2) is 32.7 Å². The van der Waals surface area contributed by atoms with Crippen molar-refractivity contribution in [1.82, 2.24) is 14.8 Å². The number of rotatable bonds is 6. The molecule has 1 fully saturated rings. The molecule has 0 atom stereocenters. The summed E-state index contributed by atoms with van der Waals surface area (Å²) in [6.07, 6.45) is 8.23. The minimum Gasteiger partial charge on any atom is -0.325 e. The van der Waals surface area contributed by atoms with Crippen molar-refractivity contribution >= 4 is 35.1 Å². The Labute approximate surface area is 157 Å². The maximum absolute atomic E-state index is 12.3. The molecule has 0 bridgehead atoms. The fraction of sp³-hybridized carbons (Fsp3) is 0.500. The van der Waals surface area contributed by atoms with Gasteiger partial charge in [0.25, 0.3) is 0 Å². The Balaban J connectivity index is 1.60. The molecule has 134 valence electrons. The van der Waals surface area contributed by atoms with E-state index in [1.807, 2.05) is 37.4 Å². The summed E-state index contributed by atoms with van der Waals surface area (Å²) < 4.78 is 2.23. The highest BCUT2D eigenvalue weighted by Gasteiger charge is 2.21. The van der Waals surface area contributed by atoms with Gasteiger partial charge in [-0.1, -0.05) is 37.1 Å². The fourth-order valence-corrected chi connectivity index (χ4v) is 4.55. The molecule has 1 amide bonds. The molecule has 1 aromatic carbocycles. The zero-order valence-corrected chi connectivity index (χ0v) is 16.3. The molecule has 1 N–H and O–H groups in total. The normalized spacial score (nSPS) is 15.3. The number of hydrogen-bond donors (Lipinski definition) is 1. The minimum atomic E-state index is -0.0147. The molecule has 1 saturated carbocycles. The topological polar surface area (TPSA) is 59.8 Å². The molecular formula is C18H24N4OS2. The highest BCUT2D eigenvalue weighted by atomic mass is 32.2. The maximum Gasteiger partial charge on any atom is 0.234 e. The largest absolute Gasteiger partial charge is 0.325 e. The lowest BCUT2D eigenvalue weighted by Crippen LogP contribution is -2.17. The van der Waals surface area contributed by atoms with Gasteiger partial charge in [0.15, 0.2) is 5.16 Å². The van der Waals surface area contributed by atoms with E-state index in [1.54, 1.807) is 11.8 Å². The number of aryl methyl sites for hydroxylation is 1. The van der Waals surface area contributed by atoms with Crippen molar-refractivity contribution in [2.24, 2.45) is 0 Å². The first kappa shape index (κ1) is 18.3. The second-order valence-corrected chi connectivity index (χ2v) is 8.08. The molecule has 5 nitrogen and oxygen atoms in total. The van der Waals surface area contributed by atoms with Crippen molar-refractivity contribution in [3.63, 3.8) is 0 Å². The van der Waals surface area contributed by atoms with E-state index in [-0.39, 0.29) is 5.91 Å². The molecule has 1 heterocycles. The van der Waals surface area contributed by atoms with Crippen LogP contribution in [0.2, 0.25) is 0 Å². The van der Waals surface area contributed by atoms with Crippen LogP contribution in [0.15, 0.2) is 34.3 Å². The summed E-state index contributed by atoms with van der Waals surface area (Å²) in [6, 6.07) is 8.37. The van der Waals surface area contributed by atoms with Gasteiger partial charge in [0, 0.05) is 16.6 Å². The quantitative estimate of drug-likeness (QED) is 0.750. The van der Waals surface area contributed by atoms with Crippen molar-refractivity contribution in [2.75, 3.05) is 17.3 Å². The van der Waals surface area contributed by atoms with Gasteiger partial charge in [-0.3, -0.25) is 4.79 Å². The van der Waals surface area contributed by atoms with E-state index in [0.717, 1.165) is 21.6 Å². The number of carbonyl (C=O) groups is 1. The second kappa shape index (κ2) is 8.76. The SMILES string of the molecule is CSc1cccc(NC(=O)CSc2nnc(C)n2C2CCCCC2)c1. The zero-order chi connectivity index (χ0) is 17.6. The van der Waals surface area contributed by atoms with E-state index in [9.17, 15) is 4.79 Å². The number of carbonyl (C=O) groups excluding carboxylic acids is 1.